The van der Waals surface area contributed by atoms with Gasteiger partial charge in [-0.15, -0.1) is 0 Å². The molecular weight excluding hydrogens is 396 g/mol. The van der Waals surface area contributed by atoms with E-state index >= 15 is 0 Å². The predicted octanol–water partition coefficient (Wildman–Crippen LogP) is 2.78. The summed E-state index contributed by atoms with van der Waals surface area (Å²) in [5.41, 5.74) is 1.01. The molecule has 3 aliphatic heterocycles. The molecule has 0 aromatic heterocycles. The zero-order chi connectivity index (χ0) is 20.3. The van der Waals surface area contributed by atoms with Crippen molar-refractivity contribution in [2.45, 2.75) is 18.5 Å². The number of nitro benzene ring substituents is 1. The van der Waals surface area contributed by atoms with Crippen LogP contribution in [0.15, 0.2) is 48.5 Å². The van der Waals surface area contributed by atoms with Crippen LogP contribution in [0.4, 0.5) is 11.4 Å². The van der Waals surface area contributed by atoms with E-state index in [9.17, 15) is 19.7 Å². The molecule has 0 saturated carbocycles. The summed E-state index contributed by atoms with van der Waals surface area (Å²) in [5.74, 6) is -1.22. The Morgan fingerprint density at radius 3 is 2.34 bits per heavy atom. The lowest BCUT2D eigenvalue weighted by molar-refractivity contribution is -0.384. The van der Waals surface area contributed by atoms with E-state index in [4.69, 9.17) is 11.6 Å². The average molecular weight is 413 g/mol. The third-order valence-corrected chi connectivity index (χ3v) is 6.17. The molecule has 2 amide bonds. The highest BCUT2D eigenvalue weighted by Crippen LogP contribution is 2.49. The summed E-state index contributed by atoms with van der Waals surface area (Å²) in [7, 11) is 0. The number of carbonyl (C=O) groups excluding carboxylic acids is 2. The molecule has 0 aliphatic carbocycles. The van der Waals surface area contributed by atoms with Gasteiger partial charge in [-0.3, -0.25) is 19.7 Å². The van der Waals surface area contributed by atoms with Crippen molar-refractivity contribution < 1.29 is 14.5 Å². The number of rotatable bonds is 3. The molecule has 3 saturated heterocycles. The number of halogens is 1. The van der Waals surface area contributed by atoms with Crippen LogP contribution >= 0.6 is 11.6 Å². The Bertz CT molecular complexity index is 1030. The number of anilines is 1. The van der Waals surface area contributed by atoms with Crippen molar-refractivity contribution in [1.82, 2.24) is 10.0 Å². The van der Waals surface area contributed by atoms with E-state index in [-0.39, 0.29) is 29.2 Å². The summed E-state index contributed by atoms with van der Waals surface area (Å²) in [6.07, 6.45) is 0.908. The molecule has 0 unspecified atom stereocenters. The summed E-state index contributed by atoms with van der Waals surface area (Å²) in [6, 6.07) is 12.1. The Kier molecular flexibility index (Phi) is 4.16. The first-order valence-electron chi connectivity index (χ1n) is 9.38. The lowest BCUT2D eigenvalue weighted by Crippen LogP contribution is -2.44. The number of hydrogen-bond donors (Lipinski definition) is 0. The lowest BCUT2D eigenvalue weighted by Gasteiger charge is -2.29. The number of nitro groups is 1. The second-order valence-corrected chi connectivity index (χ2v) is 7.87. The molecule has 3 fully saturated rings. The maximum absolute atomic E-state index is 13.4. The highest BCUT2D eigenvalue weighted by molar-refractivity contribution is 6.30. The molecule has 3 atom stereocenters. The van der Waals surface area contributed by atoms with Crippen molar-refractivity contribution >= 4 is 34.8 Å². The molecule has 3 heterocycles. The first kappa shape index (κ1) is 18.2. The highest BCUT2D eigenvalue weighted by Gasteiger charge is 2.62. The summed E-state index contributed by atoms with van der Waals surface area (Å²) in [5, 5.41) is 15.8. The Hall–Kier alpha value is -2.81. The third kappa shape index (κ3) is 2.67. The van der Waals surface area contributed by atoms with Gasteiger partial charge in [-0.25, -0.2) is 14.9 Å². The molecule has 9 heteroatoms. The van der Waals surface area contributed by atoms with Crippen LogP contribution in [0.1, 0.15) is 18.0 Å². The normalized spacial score (nSPS) is 26.8. The Morgan fingerprint density at radius 2 is 1.66 bits per heavy atom. The second kappa shape index (κ2) is 6.62. The zero-order valence-corrected chi connectivity index (χ0v) is 16.0. The molecule has 8 nitrogen and oxygen atoms in total. The van der Waals surface area contributed by atoms with E-state index in [2.05, 4.69) is 5.01 Å². The van der Waals surface area contributed by atoms with E-state index in [1.807, 2.05) is 17.1 Å². The molecule has 5 rings (SSSR count). The van der Waals surface area contributed by atoms with E-state index in [0.717, 1.165) is 23.4 Å². The minimum atomic E-state index is -0.593. The SMILES string of the molecule is O=C1[C@@H]2[C@@H](C(=O)N1c1cccc([N+](=O)[O-])c1)N1CCCN1[C@@H]2c1ccc(Cl)cc1. The number of nitrogens with zero attached hydrogens (tertiary/aromatic N) is 4. The van der Waals surface area contributed by atoms with Crippen LogP contribution in [-0.2, 0) is 9.59 Å². The van der Waals surface area contributed by atoms with Gasteiger partial charge in [0.15, 0.2) is 0 Å². The molecule has 0 radical (unpaired) electrons. The van der Waals surface area contributed by atoms with Crippen molar-refractivity contribution in [2.75, 3.05) is 18.0 Å². The number of non-ortho nitro benzene ring substituents is 1. The first-order chi connectivity index (χ1) is 14.0. The maximum atomic E-state index is 13.4. The molecule has 29 heavy (non-hydrogen) atoms. The fraction of sp³-hybridized carbons (Fsp3) is 0.300. The first-order valence-corrected chi connectivity index (χ1v) is 9.76. The topological polar surface area (TPSA) is 87.0 Å². The van der Waals surface area contributed by atoms with Gasteiger partial charge in [-0.05, 0) is 30.2 Å². The predicted molar refractivity (Wildman–Crippen MR) is 105 cm³/mol. The smallest absolute Gasteiger partial charge is 0.271 e. The van der Waals surface area contributed by atoms with Gasteiger partial charge in [-0.1, -0.05) is 29.8 Å². The zero-order valence-electron chi connectivity index (χ0n) is 15.3. The maximum Gasteiger partial charge on any atom is 0.271 e. The van der Waals surface area contributed by atoms with Crippen LogP contribution in [0.2, 0.25) is 5.02 Å². The lowest BCUT2D eigenvalue weighted by atomic mass is 9.90. The van der Waals surface area contributed by atoms with Gasteiger partial charge < -0.3 is 0 Å². The molecule has 3 aliphatic rings. The fourth-order valence-corrected chi connectivity index (χ4v) is 4.90. The number of imide groups is 1. The molecule has 0 N–H and O–H groups in total. The largest absolute Gasteiger partial charge is 0.274 e. The van der Waals surface area contributed by atoms with Gasteiger partial charge in [-0.2, -0.15) is 0 Å². The van der Waals surface area contributed by atoms with Crippen LogP contribution in [-0.4, -0.2) is 45.9 Å². The van der Waals surface area contributed by atoms with Crippen molar-refractivity contribution in [2.24, 2.45) is 5.92 Å². The van der Waals surface area contributed by atoms with Crippen molar-refractivity contribution in [3.63, 3.8) is 0 Å². The van der Waals surface area contributed by atoms with Crippen LogP contribution in [0.3, 0.4) is 0 Å². The van der Waals surface area contributed by atoms with Crippen molar-refractivity contribution in [3.05, 3.63) is 69.2 Å². The second-order valence-electron chi connectivity index (χ2n) is 7.44. The molecule has 0 bridgehead atoms. The number of fused-ring (bicyclic) bond motifs is 3. The monoisotopic (exact) mass is 412 g/mol. The van der Waals surface area contributed by atoms with Crippen LogP contribution in [0, 0.1) is 16.0 Å². The van der Waals surface area contributed by atoms with E-state index in [0.29, 0.717) is 11.6 Å². The Morgan fingerprint density at radius 1 is 0.966 bits per heavy atom. The van der Waals surface area contributed by atoms with Gasteiger partial charge in [0.05, 0.1) is 22.6 Å². The van der Waals surface area contributed by atoms with Crippen molar-refractivity contribution in [3.8, 4) is 0 Å². The summed E-state index contributed by atoms with van der Waals surface area (Å²) in [4.78, 5) is 38.4. The minimum Gasteiger partial charge on any atom is -0.274 e. The van der Waals surface area contributed by atoms with Gasteiger partial charge in [0, 0.05) is 30.2 Å². The number of hydrazine groups is 1. The average Bonchev–Trinajstić information content (AvgIpc) is 3.35. The van der Waals surface area contributed by atoms with E-state index in [1.54, 1.807) is 18.2 Å². The minimum absolute atomic E-state index is 0.155. The Balaban J connectivity index is 1.57. The summed E-state index contributed by atoms with van der Waals surface area (Å²) in [6.45, 7) is 1.48. The van der Waals surface area contributed by atoms with Crippen LogP contribution in [0.5, 0.6) is 0 Å². The highest BCUT2D eigenvalue weighted by atomic mass is 35.5. The molecule has 2 aromatic carbocycles. The summed E-state index contributed by atoms with van der Waals surface area (Å²) < 4.78 is 0. The van der Waals surface area contributed by atoms with Crippen LogP contribution in [0.25, 0.3) is 0 Å². The van der Waals surface area contributed by atoms with Gasteiger partial charge >= 0.3 is 0 Å². The quantitative estimate of drug-likeness (QED) is 0.437. The van der Waals surface area contributed by atoms with Crippen molar-refractivity contribution in [1.29, 1.82) is 0 Å². The number of benzene rings is 2. The molecule has 0 spiro atoms. The van der Waals surface area contributed by atoms with Gasteiger partial charge in [0.2, 0.25) is 5.91 Å². The molecule has 2 aromatic rings. The van der Waals surface area contributed by atoms with Crippen LogP contribution < -0.4 is 4.90 Å². The molecular formula is C20H17ClN4O4. The van der Waals surface area contributed by atoms with E-state index < -0.39 is 16.9 Å². The van der Waals surface area contributed by atoms with E-state index in [1.165, 1.54) is 18.2 Å². The third-order valence-electron chi connectivity index (χ3n) is 5.92. The summed E-state index contributed by atoms with van der Waals surface area (Å²) >= 11 is 6.03. The Labute approximate surface area is 171 Å². The number of hydrogen-bond acceptors (Lipinski definition) is 6. The van der Waals surface area contributed by atoms with Gasteiger partial charge in [0.1, 0.15) is 6.04 Å². The number of amides is 2. The number of carbonyl (C=O) groups is 2. The molecule has 148 valence electrons. The van der Waals surface area contributed by atoms with Gasteiger partial charge in [0.25, 0.3) is 11.6 Å². The fourth-order valence-electron chi connectivity index (χ4n) is 4.77. The standard InChI is InChI=1S/C20H17ClN4O4/c21-13-7-5-12(6-8-13)17-16-18(23-10-2-9-22(17)23)20(27)24(19(16)26)14-3-1-4-15(11-14)25(28)29/h1,3-8,11,16-18H,2,9-10H2/t16-,17+,18-/m0/s1.